The molecule has 0 aromatic heterocycles. The van der Waals surface area contributed by atoms with Gasteiger partial charge in [-0.1, -0.05) is 48.5 Å². The molecular weight excluding hydrogens is 286 g/mol. The number of hydrogen-bond acceptors (Lipinski definition) is 3. The van der Waals surface area contributed by atoms with Gasteiger partial charge in [0, 0.05) is 12.0 Å². The molecule has 2 aromatic rings. The number of benzene rings is 2. The Balaban J connectivity index is 1.78. The summed E-state index contributed by atoms with van der Waals surface area (Å²) in [6.07, 6.45) is 1.56. The lowest BCUT2D eigenvalue weighted by molar-refractivity contribution is 0.323. The van der Waals surface area contributed by atoms with E-state index in [1.165, 1.54) is 0 Å². The van der Waals surface area contributed by atoms with Crippen LogP contribution in [-0.4, -0.2) is 21.6 Å². The number of nitrogens with one attached hydrogen (secondary N) is 1. The molecule has 0 aliphatic carbocycles. The van der Waals surface area contributed by atoms with Crippen LogP contribution >= 0.6 is 0 Å². The molecule has 2 rings (SSSR count). The minimum atomic E-state index is -3.44. The highest BCUT2D eigenvalue weighted by molar-refractivity contribution is 7.92. The maximum absolute atomic E-state index is 11.8. The molecule has 2 aromatic carbocycles. The van der Waals surface area contributed by atoms with Crippen molar-refractivity contribution in [3.63, 3.8) is 0 Å². The van der Waals surface area contributed by atoms with Crippen LogP contribution in [0.5, 0.6) is 5.75 Å². The Kier molecular flexibility index (Phi) is 5.54. The molecule has 21 heavy (non-hydrogen) atoms. The van der Waals surface area contributed by atoms with Crippen molar-refractivity contribution in [3.8, 4) is 5.75 Å². The Morgan fingerprint density at radius 1 is 0.952 bits per heavy atom. The van der Waals surface area contributed by atoms with Crippen molar-refractivity contribution in [1.82, 2.24) is 4.72 Å². The first-order chi connectivity index (χ1) is 10.2. The van der Waals surface area contributed by atoms with Crippen LogP contribution in [0.15, 0.2) is 66.1 Å². The van der Waals surface area contributed by atoms with Gasteiger partial charge in [0.05, 0.1) is 0 Å². The predicted octanol–water partition coefficient (Wildman–Crippen LogP) is 2.66. The number of ether oxygens (including phenoxy) is 1. The molecule has 0 unspecified atom stereocenters. The number of hydrogen-bond donors (Lipinski definition) is 1. The van der Waals surface area contributed by atoms with E-state index >= 15 is 0 Å². The lowest BCUT2D eigenvalue weighted by atomic mass is 10.2. The molecule has 0 amide bonds. The van der Waals surface area contributed by atoms with Crippen molar-refractivity contribution in [2.45, 2.75) is 0 Å². The summed E-state index contributed by atoms with van der Waals surface area (Å²) in [7, 11) is -3.44. The number of sulfonamides is 1. The fourth-order valence-corrected chi connectivity index (χ4v) is 2.45. The average Bonchev–Trinajstić information content (AvgIpc) is 2.52. The first-order valence-electron chi connectivity index (χ1n) is 6.56. The summed E-state index contributed by atoms with van der Waals surface area (Å²) in [6.45, 7) is 0.499. The normalized spacial score (nSPS) is 11.6. The summed E-state index contributed by atoms with van der Waals surface area (Å²) in [5.74, 6) is 0.719. The summed E-state index contributed by atoms with van der Waals surface area (Å²) in [5.41, 5.74) is 0.836. The second kappa shape index (κ2) is 7.61. The minimum Gasteiger partial charge on any atom is -0.492 e. The molecule has 0 saturated heterocycles. The smallest absolute Gasteiger partial charge is 0.233 e. The van der Waals surface area contributed by atoms with Gasteiger partial charge < -0.3 is 4.74 Å². The van der Waals surface area contributed by atoms with Crippen LogP contribution in [0.3, 0.4) is 0 Å². The Morgan fingerprint density at radius 2 is 1.57 bits per heavy atom. The van der Waals surface area contributed by atoms with Gasteiger partial charge in [-0.2, -0.15) is 0 Å². The Hall–Kier alpha value is -2.11. The third kappa shape index (κ3) is 5.81. The number of para-hydroxylation sites is 1. The molecule has 0 bridgehead atoms. The van der Waals surface area contributed by atoms with Gasteiger partial charge in [-0.15, -0.1) is 0 Å². The molecule has 0 aliphatic heterocycles. The summed E-state index contributed by atoms with van der Waals surface area (Å²) in [4.78, 5) is 0. The third-order valence-electron chi connectivity index (χ3n) is 2.66. The minimum absolute atomic E-state index is 0.219. The summed E-state index contributed by atoms with van der Waals surface area (Å²) in [6, 6.07) is 18.5. The van der Waals surface area contributed by atoms with Crippen LogP contribution in [0.1, 0.15) is 5.56 Å². The molecule has 0 radical (unpaired) electrons. The Morgan fingerprint density at radius 3 is 2.24 bits per heavy atom. The maximum atomic E-state index is 11.8. The van der Waals surface area contributed by atoms with Gasteiger partial charge in [0.15, 0.2) is 0 Å². The summed E-state index contributed by atoms with van der Waals surface area (Å²) >= 11 is 0. The summed E-state index contributed by atoms with van der Waals surface area (Å²) in [5, 5.41) is 1.16. The zero-order chi connectivity index (χ0) is 15.0. The van der Waals surface area contributed by atoms with E-state index in [0.29, 0.717) is 0 Å². The van der Waals surface area contributed by atoms with Gasteiger partial charge >= 0.3 is 0 Å². The fourth-order valence-electron chi connectivity index (χ4n) is 1.65. The fraction of sp³-hybridized carbons (Fsp3) is 0.125. The van der Waals surface area contributed by atoms with Gasteiger partial charge in [0.25, 0.3) is 0 Å². The lowest BCUT2D eigenvalue weighted by Gasteiger charge is -2.06. The van der Waals surface area contributed by atoms with Gasteiger partial charge in [-0.05, 0) is 23.8 Å². The monoisotopic (exact) mass is 303 g/mol. The Bertz CT molecular complexity index is 667. The highest BCUT2D eigenvalue weighted by atomic mass is 32.2. The highest BCUT2D eigenvalue weighted by Crippen LogP contribution is 2.07. The molecule has 0 fully saturated rings. The van der Waals surface area contributed by atoms with Crippen molar-refractivity contribution in [2.75, 3.05) is 13.2 Å². The molecule has 5 heteroatoms. The van der Waals surface area contributed by atoms with E-state index in [4.69, 9.17) is 4.74 Å². The molecule has 110 valence electrons. The molecule has 0 spiro atoms. The van der Waals surface area contributed by atoms with Crippen LogP contribution in [0.4, 0.5) is 0 Å². The molecule has 0 aliphatic rings. The van der Waals surface area contributed by atoms with Crippen LogP contribution < -0.4 is 9.46 Å². The van der Waals surface area contributed by atoms with E-state index in [-0.39, 0.29) is 13.2 Å². The van der Waals surface area contributed by atoms with Gasteiger partial charge in [0.1, 0.15) is 12.4 Å². The standard InChI is InChI=1S/C16H17NO3S/c18-21(19,14-11-15-7-3-1-4-8-15)17-12-13-20-16-9-5-2-6-10-16/h1-11,14,17H,12-13H2. The average molecular weight is 303 g/mol. The zero-order valence-electron chi connectivity index (χ0n) is 11.5. The predicted molar refractivity (Wildman–Crippen MR) is 84.3 cm³/mol. The first kappa shape index (κ1) is 15.3. The second-order valence-corrected chi connectivity index (χ2v) is 5.97. The first-order valence-corrected chi connectivity index (χ1v) is 8.11. The van der Waals surface area contributed by atoms with Gasteiger partial charge in [-0.3, -0.25) is 0 Å². The topological polar surface area (TPSA) is 55.4 Å². The Labute approximate surface area is 125 Å². The van der Waals surface area contributed by atoms with Crippen molar-refractivity contribution >= 4 is 16.1 Å². The molecule has 1 N–H and O–H groups in total. The van der Waals surface area contributed by atoms with Gasteiger partial charge in [-0.25, -0.2) is 13.1 Å². The van der Waals surface area contributed by atoms with Crippen LogP contribution in [0, 0.1) is 0 Å². The van der Waals surface area contributed by atoms with Crippen molar-refractivity contribution in [2.24, 2.45) is 0 Å². The van der Waals surface area contributed by atoms with Crippen molar-refractivity contribution in [1.29, 1.82) is 0 Å². The maximum Gasteiger partial charge on any atom is 0.233 e. The van der Waals surface area contributed by atoms with Gasteiger partial charge in [0.2, 0.25) is 10.0 Å². The van der Waals surface area contributed by atoms with E-state index in [0.717, 1.165) is 16.7 Å². The largest absolute Gasteiger partial charge is 0.492 e. The van der Waals surface area contributed by atoms with E-state index in [1.54, 1.807) is 6.08 Å². The SMILES string of the molecule is O=S(=O)(C=Cc1ccccc1)NCCOc1ccccc1. The van der Waals surface area contributed by atoms with Crippen LogP contribution in [0.2, 0.25) is 0 Å². The van der Waals surface area contributed by atoms with Crippen molar-refractivity contribution < 1.29 is 13.2 Å². The summed E-state index contributed by atoms with van der Waals surface area (Å²) < 4.78 is 31.4. The molecule has 0 heterocycles. The zero-order valence-corrected chi connectivity index (χ0v) is 12.3. The third-order valence-corrected chi connectivity index (χ3v) is 3.76. The van der Waals surface area contributed by atoms with E-state index < -0.39 is 10.0 Å². The lowest BCUT2D eigenvalue weighted by Crippen LogP contribution is -2.26. The molecule has 0 saturated carbocycles. The molecule has 0 atom stereocenters. The van der Waals surface area contributed by atoms with E-state index in [1.807, 2.05) is 60.7 Å². The molecule has 4 nitrogen and oxygen atoms in total. The number of rotatable bonds is 7. The second-order valence-electron chi connectivity index (χ2n) is 4.31. The molecular formula is C16H17NO3S. The van der Waals surface area contributed by atoms with Crippen LogP contribution in [-0.2, 0) is 10.0 Å². The van der Waals surface area contributed by atoms with Crippen molar-refractivity contribution in [3.05, 3.63) is 71.6 Å². The van der Waals surface area contributed by atoms with E-state index in [9.17, 15) is 8.42 Å². The van der Waals surface area contributed by atoms with Crippen LogP contribution in [0.25, 0.3) is 6.08 Å². The van der Waals surface area contributed by atoms with E-state index in [2.05, 4.69) is 4.72 Å². The quantitative estimate of drug-likeness (QED) is 0.800. The highest BCUT2D eigenvalue weighted by Gasteiger charge is 2.04.